The Kier molecular flexibility index (Phi) is 5.43. The molecule has 0 unspecified atom stereocenters. The highest BCUT2D eigenvalue weighted by atomic mass is 35.5. The highest BCUT2D eigenvalue weighted by Crippen LogP contribution is 2.28. The molecule has 132 valence electrons. The van der Waals surface area contributed by atoms with Gasteiger partial charge in [0.15, 0.2) is 0 Å². The minimum atomic E-state index is -0.437. The van der Waals surface area contributed by atoms with E-state index in [1.165, 1.54) is 6.07 Å². The maximum Gasteiger partial charge on any atom is 0.227 e. The number of carbonyl (C=O) groups excluding carboxylic acids is 1. The van der Waals surface area contributed by atoms with Gasteiger partial charge >= 0.3 is 0 Å². The first kappa shape index (κ1) is 17.5. The number of hydrogen-bond acceptors (Lipinski definition) is 3. The molecule has 1 saturated heterocycles. The second-order valence-corrected chi connectivity index (χ2v) is 6.39. The van der Waals surface area contributed by atoms with E-state index >= 15 is 0 Å². The van der Waals surface area contributed by atoms with Crippen LogP contribution in [0.4, 0.5) is 10.1 Å². The lowest BCUT2D eigenvalue weighted by atomic mass is 10.1. The van der Waals surface area contributed by atoms with Crippen LogP contribution in [0.2, 0.25) is 5.02 Å². The van der Waals surface area contributed by atoms with Gasteiger partial charge in [-0.25, -0.2) is 4.39 Å². The number of halogens is 2. The van der Waals surface area contributed by atoms with E-state index < -0.39 is 5.82 Å². The summed E-state index contributed by atoms with van der Waals surface area (Å²) in [6.45, 7) is 2.64. The topological polar surface area (TPSA) is 32.8 Å². The average molecular weight is 363 g/mol. The second-order valence-electron chi connectivity index (χ2n) is 5.95. The van der Waals surface area contributed by atoms with Crippen molar-refractivity contribution in [2.45, 2.75) is 6.42 Å². The molecule has 0 bridgehead atoms. The first-order valence-corrected chi connectivity index (χ1v) is 8.56. The van der Waals surface area contributed by atoms with E-state index in [4.69, 9.17) is 16.3 Å². The zero-order chi connectivity index (χ0) is 17.8. The standard InChI is InChI=1S/C19H20ClFN2O2/c1-25-18-5-3-2-4-17(18)22-8-10-23(11-9-22)19(24)12-14-6-7-15(20)13-16(14)21/h2-7,13H,8-12H2,1H3. The number of nitrogens with zero attached hydrogens (tertiary/aromatic N) is 2. The average Bonchev–Trinajstić information content (AvgIpc) is 2.64. The molecule has 2 aromatic carbocycles. The SMILES string of the molecule is COc1ccccc1N1CCN(C(=O)Cc2ccc(Cl)cc2F)CC1. The van der Waals surface area contributed by atoms with Crippen LogP contribution >= 0.6 is 11.6 Å². The number of ether oxygens (including phenoxy) is 1. The molecule has 1 aliphatic rings. The van der Waals surface area contributed by atoms with Crippen molar-refractivity contribution in [3.8, 4) is 5.75 Å². The van der Waals surface area contributed by atoms with Crippen LogP contribution < -0.4 is 9.64 Å². The number of rotatable bonds is 4. The molecule has 0 aliphatic carbocycles. The highest BCUT2D eigenvalue weighted by molar-refractivity contribution is 6.30. The first-order valence-electron chi connectivity index (χ1n) is 8.18. The van der Waals surface area contributed by atoms with Crippen molar-refractivity contribution in [3.63, 3.8) is 0 Å². The van der Waals surface area contributed by atoms with Crippen LogP contribution in [0, 0.1) is 5.82 Å². The number of amides is 1. The summed E-state index contributed by atoms with van der Waals surface area (Å²) in [5.41, 5.74) is 1.41. The van der Waals surface area contributed by atoms with Crippen LogP contribution in [0.5, 0.6) is 5.75 Å². The molecule has 3 rings (SSSR count). The molecule has 0 aromatic heterocycles. The molecule has 4 nitrogen and oxygen atoms in total. The number of carbonyl (C=O) groups is 1. The van der Waals surface area contributed by atoms with E-state index in [0.29, 0.717) is 23.7 Å². The Morgan fingerprint density at radius 1 is 1.16 bits per heavy atom. The quantitative estimate of drug-likeness (QED) is 0.836. The summed E-state index contributed by atoms with van der Waals surface area (Å²) in [6, 6.07) is 12.3. The largest absolute Gasteiger partial charge is 0.495 e. The van der Waals surface area contributed by atoms with E-state index in [-0.39, 0.29) is 12.3 Å². The van der Waals surface area contributed by atoms with E-state index in [1.807, 2.05) is 24.3 Å². The molecule has 6 heteroatoms. The van der Waals surface area contributed by atoms with Crippen LogP contribution in [0.15, 0.2) is 42.5 Å². The Hall–Kier alpha value is -2.27. The molecule has 0 N–H and O–H groups in total. The van der Waals surface area contributed by atoms with Crippen LogP contribution in [0.25, 0.3) is 0 Å². The van der Waals surface area contributed by atoms with Gasteiger partial charge in [0, 0.05) is 31.2 Å². The van der Waals surface area contributed by atoms with Crippen LogP contribution in [0.3, 0.4) is 0 Å². The van der Waals surface area contributed by atoms with Gasteiger partial charge in [-0.1, -0.05) is 29.8 Å². The fourth-order valence-electron chi connectivity index (χ4n) is 3.03. The van der Waals surface area contributed by atoms with Gasteiger partial charge in [0.25, 0.3) is 0 Å². The van der Waals surface area contributed by atoms with Crippen molar-refractivity contribution in [1.29, 1.82) is 0 Å². The molecule has 0 spiro atoms. The Morgan fingerprint density at radius 2 is 1.88 bits per heavy atom. The van der Waals surface area contributed by atoms with Crippen molar-refractivity contribution in [3.05, 3.63) is 58.9 Å². The zero-order valence-electron chi connectivity index (χ0n) is 14.0. The van der Waals surface area contributed by atoms with Gasteiger partial charge in [0.2, 0.25) is 5.91 Å². The summed E-state index contributed by atoms with van der Waals surface area (Å²) in [6.07, 6.45) is 0.0532. The highest BCUT2D eigenvalue weighted by Gasteiger charge is 2.23. The lowest BCUT2D eigenvalue weighted by molar-refractivity contribution is -0.130. The minimum Gasteiger partial charge on any atom is -0.495 e. The van der Waals surface area contributed by atoms with Gasteiger partial charge < -0.3 is 14.5 Å². The first-order chi connectivity index (χ1) is 12.1. The van der Waals surface area contributed by atoms with E-state index in [1.54, 1.807) is 24.1 Å². The monoisotopic (exact) mass is 362 g/mol. The maximum absolute atomic E-state index is 13.9. The Morgan fingerprint density at radius 3 is 2.56 bits per heavy atom. The summed E-state index contributed by atoms with van der Waals surface area (Å²) >= 11 is 5.75. The summed E-state index contributed by atoms with van der Waals surface area (Å²) < 4.78 is 19.3. The smallest absolute Gasteiger partial charge is 0.227 e. The van der Waals surface area contributed by atoms with Crippen LogP contribution in [-0.4, -0.2) is 44.1 Å². The molecule has 1 heterocycles. The van der Waals surface area contributed by atoms with Crippen LogP contribution in [-0.2, 0) is 11.2 Å². The van der Waals surface area contributed by atoms with Gasteiger partial charge in [0.1, 0.15) is 11.6 Å². The molecule has 1 amide bonds. The van der Waals surface area contributed by atoms with Gasteiger partial charge in [-0.3, -0.25) is 4.79 Å². The number of anilines is 1. The van der Waals surface area contributed by atoms with E-state index in [0.717, 1.165) is 24.5 Å². The molecule has 0 radical (unpaired) electrons. The van der Waals surface area contributed by atoms with Crippen molar-refractivity contribution in [2.75, 3.05) is 38.2 Å². The zero-order valence-corrected chi connectivity index (χ0v) is 14.8. The number of methoxy groups -OCH3 is 1. The molecule has 0 saturated carbocycles. The number of piperazine rings is 1. The summed E-state index contributed by atoms with van der Waals surface area (Å²) in [7, 11) is 1.65. The summed E-state index contributed by atoms with van der Waals surface area (Å²) in [5, 5.41) is 0.333. The Balaban J connectivity index is 1.61. The van der Waals surface area contributed by atoms with E-state index in [2.05, 4.69) is 4.90 Å². The predicted molar refractivity (Wildman–Crippen MR) is 96.9 cm³/mol. The molecule has 1 fully saturated rings. The molecule has 1 aliphatic heterocycles. The molecular weight excluding hydrogens is 343 g/mol. The predicted octanol–water partition coefficient (Wildman–Crippen LogP) is 3.38. The van der Waals surface area contributed by atoms with Crippen molar-refractivity contribution < 1.29 is 13.9 Å². The maximum atomic E-state index is 13.9. The summed E-state index contributed by atoms with van der Waals surface area (Å²) in [4.78, 5) is 16.4. The lowest BCUT2D eigenvalue weighted by Gasteiger charge is -2.36. The number of para-hydroxylation sites is 2. The third-order valence-electron chi connectivity index (χ3n) is 4.42. The normalized spacial score (nSPS) is 14.5. The third-order valence-corrected chi connectivity index (χ3v) is 4.65. The number of hydrogen-bond donors (Lipinski definition) is 0. The van der Waals surface area contributed by atoms with Crippen molar-refractivity contribution in [1.82, 2.24) is 4.90 Å². The lowest BCUT2D eigenvalue weighted by Crippen LogP contribution is -2.49. The number of benzene rings is 2. The van der Waals surface area contributed by atoms with Crippen molar-refractivity contribution >= 4 is 23.2 Å². The molecule has 0 atom stereocenters. The van der Waals surface area contributed by atoms with Crippen LogP contribution in [0.1, 0.15) is 5.56 Å². The molecule has 2 aromatic rings. The molecular formula is C19H20ClFN2O2. The Bertz CT molecular complexity index is 761. The third kappa shape index (κ3) is 4.04. The Labute approximate surface area is 151 Å². The van der Waals surface area contributed by atoms with Gasteiger partial charge in [-0.2, -0.15) is 0 Å². The second kappa shape index (κ2) is 7.74. The fourth-order valence-corrected chi connectivity index (χ4v) is 3.19. The fraction of sp³-hybridized carbons (Fsp3) is 0.316. The minimum absolute atomic E-state index is 0.0532. The van der Waals surface area contributed by atoms with E-state index in [9.17, 15) is 9.18 Å². The molecule has 25 heavy (non-hydrogen) atoms. The van der Waals surface area contributed by atoms with Gasteiger partial charge in [-0.15, -0.1) is 0 Å². The van der Waals surface area contributed by atoms with Crippen molar-refractivity contribution in [2.24, 2.45) is 0 Å². The van der Waals surface area contributed by atoms with Gasteiger partial charge in [-0.05, 0) is 29.8 Å². The van der Waals surface area contributed by atoms with Gasteiger partial charge in [0.05, 0.1) is 19.2 Å². The summed E-state index contributed by atoms with van der Waals surface area (Å²) in [5.74, 6) is 0.319.